The third-order valence-corrected chi connectivity index (χ3v) is 4.48. The molecule has 2 heterocycles. The van der Waals surface area contributed by atoms with E-state index in [1.54, 1.807) is 26.0 Å². The van der Waals surface area contributed by atoms with Crippen LogP contribution in [0.2, 0.25) is 0 Å². The summed E-state index contributed by atoms with van der Waals surface area (Å²) in [6, 6.07) is 3.24. The Hall–Kier alpha value is -4.74. The second kappa shape index (κ2) is 8.18. The molecule has 0 radical (unpaired) electrons. The van der Waals surface area contributed by atoms with Gasteiger partial charge in [-0.1, -0.05) is 0 Å². The monoisotopic (exact) mass is 438 g/mol. The molecule has 0 amide bonds. The van der Waals surface area contributed by atoms with Gasteiger partial charge in [0.2, 0.25) is 0 Å². The number of carboxylic acids is 4. The van der Waals surface area contributed by atoms with Gasteiger partial charge in [0, 0.05) is 11.1 Å². The van der Waals surface area contributed by atoms with Crippen LogP contribution in [0.3, 0.4) is 0 Å². The van der Waals surface area contributed by atoms with E-state index < -0.39 is 46.7 Å². The van der Waals surface area contributed by atoms with Gasteiger partial charge in [0.25, 0.3) is 0 Å². The SMILES string of the molecule is Cc1cc(-c2cnc(C(=O)O)c(C(=O)O)n2)c(C)cc1-c1cnc(C(=O)O)c(C(=O)O)n1. The second-order valence-electron chi connectivity index (χ2n) is 6.61. The fraction of sp³-hybridized carbons (Fsp3) is 0.100. The van der Waals surface area contributed by atoms with Crippen LogP contribution in [0.25, 0.3) is 22.5 Å². The molecule has 0 atom stereocenters. The Labute approximate surface area is 178 Å². The third-order valence-electron chi connectivity index (χ3n) is 4.48. The van der Waals surface area contributed by atoms with E-state index in [4.69, 9.17) is 10.2 Å². The van der Waals surface area contributed by atoms with E-state index in [-0.39, 0.29) is 11.4 Å². The van der Waals surface area contributed by atoms with Gasteiger partial charge in [0.05, 0.1) is 23.8 Å². The van der Waals surface area contributed by atoms with Gasteiger partial charge >= 0.3 is 23.9 Å². The number of aromatic nitrogens is 4. The van der Waals surface area contributed by atoms with Gasteiger partial charge in [-0.25, -0.2) is 39.1 Å². The number of aryl methyl sites for hydroxylation is 2. The van der Waals surface area contributed by atoms with Crippen molar-refractivity contribution in [2.75, 3.05) is 0 Å². The maximum atomic E-state index is 11.4. The molecule has 162 valence electrons. The molecule has 0 saturated heterocycles. The summed E-state index contributed by atoms with van der Waals surface area (Å²) in [5, 5.41) is 36.7. The molecule has 3 rings (SSSR count). The fourth-order valence-electron chi connectivity index (χ4n) is 3.02. The molecular weight excluding hydrogens is 424 g/mol. The van der Waals surface area contributed by atoms with Crippen molar-refractivity contribution in [3.05, 3.63) is 58.4 Å². The van der Waals surface area contributed by atoms with Crippen LogP contribution >= 0.6 is 0 Å². The molecule has 2 aromatic heterocycles. The van der Waals surface area contributed by atoms with Crippen LogP contribution in [0.5, 0.6) is 0 Å². The first-order valence-electron chi connectivity index (χ1n) is 8.80. The summed E-state index contributed by atoms with van der Waals surface area (Å²) >= 11 is 0. The molecule has 0 saturated carbocycles. The number of aromatic carboxylic acids is 4. The molecule has 0 aliphatic carbocycles. The van der Waals surface area contributed by atoms with Crippen LogP contribution in [0.4, 0.5) is 0 Å². The number of hydrogen-bond donors (Lipinski definition) is 4. The zero-order valence-electron chi connectivity index (χ0n) is 16.5. The van der Waals surface area contributed by atoms with Crippen molar-refractivity contribution in [1.82, 2.24) is 19.9 Å². The van der Waals surface area contributed by atoms with Gasteiger partial charge in [0.15, 0.2) is 22.8 Å². The fourth-order valence-corrected chi connectivity index (χ4v) is 3.02. The molecule has 0 spiro atoms. The zero-order chi connectivity index (χ0) is 23.7. The van der Waals surface area contributed by atoms with Gasteiger partial charge in [-0.15, -0.1) is 0 Å². The maximum Gasteiger partial charge on any atom is 0.357 e. The van der Waals surface area contributed by atoms with Gasteiger partial charge in [-0.3, -0.25) is 0 Å². The highest BCUT2D eigenvalue weighted by molar-refractivity contribution is 6.00. The lowest BCUT2D eigenvalue weighted by molar-refractivity contribution is 0.0641. The van der Waals surface area contributed by atoms with E-state index in [1.807, 2.05) is 0 Å². The highest BCUT2D eigenvalue weighted by atomic mass is 16.4. The lowest BCUT2D eigenvalue weighted by Crippen LogP contribution is -2.14. The van der Waals surface area contributed by atoms with Crippen molar-refractivity contribution in [2.45, 2.75) is 13.8 Å². The van der Waals surface area contributed by atoms with Crippen molar-refractivity contribution in [3.63, 3.8) is 0 Å². The Morgan fingerprint density at radius 2 is 0.906 bits per heavy atom. The summed E-state index contributed by atoms with van der Waals surface area (Å²) in [5.74, 6) is -6.14. The molecule has 0 aliphatic rings. The summed E-state index contributed by atoms with van der Waals surface area (Å²) < 4.78 is 0. The summed E-state index contributed by atoms with van der Waals surface area (Å²) in [4.78, 5) is 60.4. The number of hydrogen-bond acceptors (Lipinski definition) is 8. The second-order valence-corrected chi connectivity index (χ2v) is 6.61. The van der Waals surface area contributed by atoms with Crippen LogP contribution < -0.4 is 0 Å². The molecule has 0 bridgehead atoms. The summed E-state index contributed by atoms with van der Waals surface area (Å²) in [5.41, 5.74) is -0.491. The Kier molecular flexibility index (Phi) is 5.61. The van der Waals surface area contributed by atoms with Crippen LogP contribution in [0, 0.1) is 13.8 Å². The summed E-state index contributed by atoms with van der Waals surface area (Å²) in [7, 11) is 0. The molecule has 0 aliphatic heterocycles. The van der Waals surface area contributed by atoms with Crippen molar-refractivity contribution >= 4 is 23.9 Å². The zero-order valence-corrected chi connectivity index (χ0v) is 16.5. The van der Waals surface area contributed by atoms with Crippen molar-refractivity contribution in [1.29, 1.82) is 0 Å². The lowest BCUT2D eigenvalue weighted by Gasteiger charge is -2.13. The number of carboxylic acid groups (broad SMARTS) is 4. The minimum atomic E-state index is -1.54. The topological polar surface area (TPSA) is 201 Å². The smallest absolute Gasteiger partial charge is 0.357 e. The average molecular weight is 438 g/mol. The molecule has 1 aromatic carbocycles. The van der Waals surface area contributed by atoms with Crippen LogP contribution in [0.15, 0.2) is 24.5 Å². The number of carbonyl (C=O) groups is 4. The number of nitrogens with zero attached hydrogens (tertiary/aromatic N) is 4. The first-order chi connectivity index (χ1) is 15.0. The normalized spacial score (nSPS) is 10.6. The predicted molar refractivity (Wildman–Crippen MR) is 106 cm³/mol. The molecule has 12 heteroatoms. The Bertz CT molecular complexity index is 1220. The quantitative estimate of drug-likeness (QED) is 0.437. The molecule has 0 unspecified atom stereocenters. The molecule has 4 N–H and O–H groups in total. The van der Waals surface area contributed by atoms with E-state index in [9.17, 15) is 29.4 Å². The van der Waals surface area contributed by atoms with Crippen LogP contribution in [0.1, 0.15) is 53.1 Å². The van der Waals surface area contributed by atoms with Gasteiger partial charge in [0.1, 0.15) is 0 Å². The standard InChI is InChI=1S/C20H14N4O8/c1-7-3-10(12-6-22-14(18(27)28)16(24-12)20(31)32)8(2)4-9(7)11-5-21-13(17(25)26)15(23-11)19(29)30/h3-6H,1-2H3,(H,25,26)(H,27,28)(H,29,30)(H,31,32). The third kappa shape index (κ3) is 3.96. The van der Waals surface area contributed by atoms with Crippen molar-refractivity contribution < 1.29 is 39.6 Å². The van der Waals surface area contributed by atoms with Crippen LogP contribution in [-0.4, -0.2) is 64.2 Å². The maximum absolute atomic E-state index is 11.4. The predicted octanol–water partition coefficient (Wildman–Crippen LogP) is 2.01. The van der Waals surface area contributed by atoms with E-state index >= 15 is 0 Å². The number of rotatable bonds is 6. The minimum Gasteiger partial charge on any atom is -0.476 e. The van der Waals surface area contributed by atoms with Crippen molar-refractivity contribution in [2.24, 2.45) is 0 Å². The molecule has 32 heavy (non-hydrogen) atoms. The number of benzene rings is 1. The van der Waals surface area contributed by atoms with E-state index in [2.05, 4.69) is 19.9 Å². The van der Waals surface area contributed by atoms with Gasteiger partial charge < -0.3 is 20.4 Å². The highest BCUT2D eigenvalue weighted by Crippen LogP contribution is 2.30. The first kappa shape index (κ1) is 22.0. The van der Waals surface area contributed by atoms with Gasteiger partial charge in [-0.2, -0.15) is 0 Å². The molecular formula is C20H14N4O8. The van der Waals surface area contributed by atoms with Crippen LogP contribution in [-0.2, 0) is 0 Å². The largest absolute Gasteiger partial charge is 0.476 e. The van der Waals surface area contributed by atoms with E-state index in [0.717, 1.165) is 12.4 Å². The van der Waals surface area contributed by atoms with Gasteiger partial charge in [-0.05, 0) is 37.1 Å². The summed E-state index contributed by atoms with van der Waals surface area (Å²) in [6.45, 7) is 3.34. The summed E-state index contributed by atoms with van der Waals surface area (Å²) in [6.07, 6.45) is 2.28. The minimum absolute atomic E-state index is 0.123. The average Bonchev–Trinajstić information content (AvgIpc) is 2.73. The van der Waals surface area contributed by atoms with E-state index in [1.165, 1.54) is 0 Å². The molecule has 0 fully saturated rings. The van der Waals surface area contributed by atoms with Crippen molar-refractivity contribution in [3.8, 4) is 22.5 Å². The lowest BCUT2D eigenvalue weighted by atomic mass is 9.96. The first-order valence-corrected chi connectivity index (χ1v) is 8.80. The molecule has 3 aromatic rings. The molecule has 12 nitrogen and oxygen atoms in total. The highest BCUT2D eigenvalue weighted by Gasteiger charge is 2.23. The Morgan fingerprint density at radius 1 is 0.594 bits per heavy atom. The Morgan fingerprint density at radius 3 is 1.19 bits per heavy atom. The van der Waals surface area contributed by atoms with E-state index in [0.29, 0.717) is 22.3 Å². The Balaban J connectivity index is 2.14.